The Kier molecular flexibility index (Phi) is 6.30. The van der Waals surface area contributed by atoms with Crippen LogP contribution in [0.15, 0.2) is 41.3 Å². The van der Waals surface area contributed by atoms with Crippen LogP contribution in [0.1, 0.15) is 12.5 Å². The minimum Gasteiger partial charge on any atom is -0.367 e. The Labute approximate surface area is 175 Å². The number of nitrogens with one attached hydrogen (secondary N) is 1. The first-order valence-electron chi connectivity index (χ1n) is 9.26. The fourth-order valence-electron chi connectivity index (χ4n) is 3.33. The number of anilines is 2. The van der Waals surface area contributed by atoms with Gasteiger partial charge < -0.3 is 9.80 Å². The lowest BCUT2D eigenvalue weighted by Crippen LogP contribution is -2.46. The molecule has 2 aromatic rings. The number of halogens is 1. The molecular formula is C19H23ClN4O4S. The average molecular weight is 439 g/mol. The minimum atomic E-state index is -4.03. The molecule has 1 aliphatic rings. The van der Waals surface area contributed by atoms with Crippen molar-refractivity contribution in [1.29, 1.82) is 0 Å². The van der Waals surface area contributed by atoms with Crippen molar-refractivity contribution in [2.45, 2.75) is 18.7 Å². The second-order valence-corrected chi connectivity index (χ2v) is 9.01. The van der Waals surface area contributed by atoms with E-state index in [1.165, 1.54) is 12.1 Å². The van der Waals surface area contributed by atoms with Gasteiger partial charge in [-0.2, -0.15) is 0 Å². The number of rotatable bonds is 6. The summed E-state index contributed by atoms with van der Waals surface area (Å²) in [4.78, 5) is 14.8. The first-order valence-corrected chi connectivity index (χ1v) is 11.1. The van der Waals surface area contributed by atoms with Crippen LogP contribution < -0.4 is 9.62 Å². The van der Waals surface area contributed by atoms with E-state index in [0.29, 0.717) is 16.3 Å². The predicted molar refractivity (Wildman–Crippen MR) is 114 cm³/mol. The van der Waals surface area contributed by atoms with E-state index in [9.17, 15) is 18.5 Å². The van der Waals surface area contributed by atoms with Crippen LogP contribution in [0.5, 0.6) is 0 Å². The summed E-state index contributed by atoms with van der Waals surface area (Å²) in [7, 11) is -4.03. The van der Waals surface area contributed by atoms with Gasteiger partial charge in [0.25, 0.3) is 15.7 Å². The van der Waals surface area contributed by atoms with Crippen LogP contribution in [0.2, 0.25) is 5.02 Å². The molecule has 1 aliphatic heterocycles. The summed E-state index contributed by atoms with van der Waals surface area (Å²) in [6, 6.07) is 8.92. The molecule has 0 aliphatic carbocycles. The number of piperazine rings is 1. The number of sulfonamides is 1. The molecule has 8 nitrogen and oxygen atoms in total. The van der Waals surface area contributed by atoms with E-state index in [-0.39, 0.29) is 10.6 Å². The molecule has 0 saturated carbocycles. The van der Waals surface area contributed by atoms with E-state index in [1.54, 1.807) is 25.1 Å². The summed E-state index contributed by atoms with van der Waals surface area (Å²) >= 11 is 6.11. The fraction of sp³-hybridized carbons (Fsp3) is 0.368. The van der Waals surface area contributed by atoms with Gasteiger partial charge in [0.15, 0.2) is 0 Å². The normalized spacial score (nSPS) is 15.3. The zero-order chi connectivity index (χ0) is 21.2. The molecule has 1 N–H and O–H groups in total. The van der Waals surface area contributed by atoms with E-state index < -0.39 is 14.9 Å². The van der Waals surface area contributed by atoms with Crippen molar-refractivity contribution in [3.05, 3.63) is 57.1 Å². The molecule has 0 aromatic heterocycles. The van der Waals surface area contributed by atoms with Crippen LogP contribution in [-0.4, -0.2) is 51.0 Å². The Hall–Kier alpha value is -2.36. The third-order valence-corrected chi connectivity index (χ3v) is 6.65. The van der Waals surface area contributed by atoms with Crippen molar-refractivity contribution in [2.24, 2.45) is 0 Å². The Balaban J connectivity index is 1.92. The monoisotopic (exact) mass is 438 g/mol. The number of nitrogens with zero attached hydrogens (tertiary/aromatic N) is 3. The van der Waals surface area contributed by atoms with Gasteiger partial charge in [-0.1, -0.05) is 24.6 Å². The number of likely N-dealkylation sites (N-methyl/N-ethyl adjacent to an activating group) is 1. The Morgan fingerprint density at radius 3 is 2.45 bits per heavy atom. The molecule has 0 amide bonds. The zero-order valence-corrected chi connectivity index (χ0v) is 17.8. The van der Waals surface area contributed by atoms with Gasteiger partial charge in [0.05, 0.1) is 21.2 Å². The van der Waals surface area contributed by atoms with Crippen molar-refractivity contribution in [3.8, 4) is 0 Å². The number of aryl methyl sites for hydroxylation is 1. The lowest BCUT2D eigenvalue weighted by Gasteiger charge is -2.36. The molecule has 0 radical (unpaired) electrons. The van der Waals surface area contributed by atoms with E-state index in [4.69, 9.17) is 11.6 Å². The second kappa shape index (κ2) is 8.56. The maximum Gasteiger partial charge on any atom is 0.273 e. The summed E-state index contributed by atoms with van der Waals surface area (Å²) in [5, 5.41) is 11.6. The maximum absolute atomic E-state index is 12.9. The molecule has 29 heavy (non-hydrogen) atoms. The highest BCUT2D eigenvalue weighted by molar-refractivity contribution is 7.92. The van der Waals surface area contributed by atoms with Gasteiger partial charge in [0.2, 0.25) is 0 Å². The van der Waals surface area contributed by atoms with Gasteiger partial charge in [-0.3, -0.25) is 14.8 Å². The molecule has 3 rings (SSSR count). The number of hydrogen-bond donors (Lipinski definition) is 1. The molecule has 156 valence electrons. The molecule has 0 bridgehead atoms. The van der Waals surface area contributed by atoms with Crippen LogP contribution >= 0.6 is 11.6 Å². The smallest absolute Gasteiger partial charge is 0.273 e. The second-order valence-electron chi connectivity index (χ2n) is 6.89. The first-order chi connectivity index (χ1) is 13.7. The van der Waals surface area contributed by atoms with Gasteiger partial charge >= 0.3 is 0 Å². The lowest BCUT2D eigenvalue weighted by molar-refractivity contribution is -0.385. The van der Waals surface area contributed by atoms with Crippen molar-refractivity contribution in [1.82, 2.24) is 4.90 Å². The van der Waals surface area contributed by atoms with Crippen LogP contribution in [0, 0.1) is 17.0 Å². The molecule has 1 fully saturated rings. The van der Waals surface area contributed by atoms with Crippen LogP contribution in [0.4, 0.5) is 17.1 Å². The quantitative estimate of drug-likeness (QED) is 0.547. The SMILES string of the molecule is CCN1CCN(c2ccc(Cl)cc2NS(=O)(=O)c2ccc(C)c([N+](=O)[O-])c2)CC1. The Bertz CT molecular complexity index is 1020. The van der Waals surface area contributed by atoms with Crippen molar-refractivity contribution >= 4 is 38.7 Å². The molecule has 0 atom stereocenters. The van der Waals surface area contributed by atoms with Crippen molar-refractivity contribution < 1.29 is 13.3 Å². The molecule has 0 unspecified atom stereocenters. The van der Waals surface area contributed by atoms with Gasteiger partial charge in [-0.05, 0) is 37.7 Å². The maximum atomic E-state index is 12.9. The zero-order valence-electron chi connectivity index (χ0n) is 16.3. The fourth-order valence-corrected chi connectivity index (χ4v) is 4.58. The molecule has 10 heteroatoms. The summed E-state index contributed by atoms with van der Waals surface area (Å²) in [6.07, 6.45) is 0. The minimum absolute atomic E-state index is 0.170. The molecule has 0 spiro atoms. The van der Waals surface area contributed by atoms with E-state index >= 15 is 0 Å². The van der Waals surface area contributed by atoms with Crippen LogP contribution in [0.25, 0.3) is 0 Å². The highest BCUT2D eigenvalue weighted by Gasteiger charge is 2.24. The lowest BCUT2D eigenvalue weighted by atomic mass is 10.2. The molecule has 2 aromatic carbocycles. The summed E-state index contributed by atoms with van der Waals surface area (Å²) in [6.45, 7) is 7.94. The summed E-state index contributed by atoms with van der Waals surface area (Å²) in [5.41, 5.74) is 1.24. The van der Waals surface area contributed by atoms with E-state index in [2.05, 4.69) is 21.4 Å². The molecule has 1 heterocycles. The Morgan fingerprint density at radius 2 is 1.83 bits per heavy atom. The Morgan fingerprint density at radius 1 is 1.14 bits per heavy atom. The van der Waals surface area contributed by atoms with Crippen LogP contribution in [0.3, 0.4) is 0 Å². The largest absolute Gasteiger partial charge is 0.367 e. The number of nitro benzene ring substituents is 1. The van der Waals surface area contributed by atoms with E-state index in [1.807, 2.05) is 0 Å². The average Bonchev–Trinajstić information content (AvgIpc) is 2.68. The highest BCUT2D eigenvalue weighted by Crippen LogP contribution is 2.32. The number of nitro groups is 1. The standard InChI is InChI=1S/C19H23ClN4O4S/c1-3-22-8-10-23(11-9-22)18-7-5-15(20)12-17(18)21-29(27,28)16-6-4-14(2)19(13-16)24(25)26/h4-7,12-13,21H,3,8-11H2,1-2H3. The van der Waals surface area contributed by atoms with E-state index in [0.717, 1.165) is 44.5 Å². The highest BCUT2D eigenvalue weighted by atomic mass is 35.5. The van der Waals surface area contributed by atoms with Crippen LogP contribution in [-0.2, 0) is 10.0 Å². The third kappa shape index (κ3) is 4.80. The van der Waals surface area contributed by atoms with Gasteiger partial charge in [0, 0.05) is 42.8 Å². The van der Waals surface area contributed by atoms with Crippen molar-refractivity contribution in [3.63, 3.8) is 0 Å². The van der Waals surface area contributed by atoms with Gasteiger partial charge in [-0.15, -0.1) is 0 Å². The number of benzene rings is 2. The third-order valence-electron chi connectivity index (χ3n) is 5.05. The molecular weight excluding hydrogens is 416 g/mol. The number of hydrogen-bond acceptors (Lipinski definition) is 6. The summed E-state index contributed by atoms with van der Waals surface area (Å²) in [5.74, 6) is 0. The topological polar surface area (TPSA) is 95.8 Å². The van der Waals surface area contributed by atoms with Gasteiger partial charge in [-0.25, -0.2) is 8.42 Å². The van der Waals surface area contributed by atoms with Gasteiger partial charge in [0.1, 0.15) is 0 Å². The molecule has 1 saturated heterocycles. The first kappa shape index (κ1) is 21.4. The van der Waals surface area contributed by atoms with Crippen molar-refractivity contribution in [2.75, 3.05) is 42.3 Å². The predicted octanol–water partition coefficient (Wildman–Crippen LogP) is 3.50. The summed E-state index contributed by atoms with van der Waals surface area (Å²) < 4.78 is 28.4.